The number of ether oxygens (including phenoxy) is 1. The van der Waals surface area contributed by atoms with Crippen LogP contribution in [0.2, 0.25) is 0 Å². The minimum absolute atomic E-state index is 0.157. The van der Waals surface area contributed by atoms with Crippen molar-refractivity contribution in [3.63, 3.8) is 0 Å². The summed E-state index contributed by atoms with van der Waals surface area (Å²) in [4.78, 5) is 21.2. The molecule has 6 nitrogen and oxygen atoms in total. The Morgan fingerprint density at radius 2 is 1.96 bits per heavy atom. The van der Waals surface area contributed by atoms with Crippen LogP contribution < -0.4 is 0 Å². The predicted molar refractivity (Wildman–Crippen MR) is 103 cm³/mol. The second kappa shape index (κ2) is 7.35. The standard InChI is InChI=1S/C21H28N4O2/c1-17(18-6-4-3-5-7-18)14-25-16-21(27-20(25)26)8-11-24(12-9-21)15-19-22-10-13-23(19)2/h3-7,10,13,17H,8-9,11-12,14-16H2,1-2H3/t17-/m1/s1. The third-order valence-electron chi connectivity index (χ3n) is 5.96. The van der Waals surface area contributed by atoms with Crippen LogP contribution in [-0.2, 0) is 18.3 Å². The number of aromatic nitrogens is 2. The highest BCUT2D eigenvalue weighted by Gasteiger charge is 2.47. The van der Waals surface area contributed by atoms with E-state index in [-0.39, 0.29) is 11.7 Å². The van der Waals surface area contributed by atoms with Crippen molar-refractivity contribution in [3.8, 4) is 0 Å². The SMILES string of the molecule is C[C@H](CN1CC2(CCN(Cc3nccn3C)CC2)OC1=O)c1ccccc1. The van der Waals surface area contributed by atoms with E-state index in [0.717, 1.165) is 38.3 Å². The van der Waals surface area contributed by atoms with Crippen LogP contribution in [-0.4, -0.2) is 57.2 Å². The van der Waals surface area contributed by atoms with E-state index >= 15 is 0 Å². The van der Waals surface area contributed by atoms with Gasteiger partial charge < -0.3 is 14.2 Å². The van der Waals surface area contributed by atoms with Crippen molar-refractivity contribution in [3.05, 3.63) is 54.1 Å². The van der Waals surface area contributed by atoms with Crippen molar-refractivity contribution in [2.75, 3.05) is 26.2 Å². The molecule has 0 N–H and O–H groups in total. The fourth-order valence-electron chi connectivity index (χ4n) is 4.18. The average molecular weight is 368 g/mol. The van der Waals surface area contributed by atoms with E-state index in [1.807, 2.05) is 42.5 Å². The first-order valence-corrected chi connectivity index (χ1v) is 9.76. The molecule has 4 rings (SSSR count). The zero-order valence-corrected chi connectivity index (χ0v) is 16.2. The summed E-state index contributed by atoms with van der Waals surface area (Å²) < 4.78 is 7.95. The van der Waals surface area contributed by atoms with E-state index in [2.05, 4.69) is 33.5 Å². The molecule has 2 aliphatic rings. The zero-order valence-electron chi connectivity index (χ0n) is 16.2. The summed E-state index contributed by atoms with van der Waals surface area (Å²) in [5, 5.41) is 0. The molecule has 6 heteroatoms. The van der Waals surface area contributed by atoms with Crippen molar-refractivity contribution in [2.24, 2.45) is 7.05 Å². The summed E-state index contributed by atoms with van der Waals surface area (Å²) >= 11 is 0. The average Bonchev–Trinajstić information content (AvgIpc) is 3.21. The summed E-state index contributed by atoms with van der Waals surface area (Å²) in [5.41, 5.74) is 0.946. The molecule has 0 radical (unpaired) electrons. The second-order valence-electron chi connectivity index (χ2n) is 7.97. The summed E-state index contributed by atoms with van der Waals surface area (Å²) in [6.07, 6.45) is 5.44. The Balaban J connectivity index is 1.33. The van der Waals surface area contributed by atoms with Crippen LogP contribution in [0.15, 0.2) is 42.7 Å². The molecule has 1 spiro atoms. The highest BCUT2D eigenvalue weighted by atomic mass is 16.6. The number of hydrogen-bond donors (Lipinski definition) is 0. The van der Waals surface area contributed by atoms with Crippen LogP contribution in [0, 0.1) is 0 Å². The lowest BCUT2D eigenvalue weighted by Crippen LogP contribution is -2.46. The Bertz CT molecular complexity index is 780. The zero-order chi connectivity index (χ0) is 18.9. The van der Waals surface area contributed by atoms with Crippen LogP contribution in [0.25, 0.3) is 0 Å². The van der Waals surface area contributed by atoms with Gasteiger partial charge in [-0.25, -0.2) is 9.78 Å². The summed E-state index contributed by atoms with van der Waals surface area (Å²) in [6.45, 7) is 6.30. The molecule has 144 valence electrons. The van der Waals surface area contributed by atoms with Gasteiger partial charge in [-0.2, -0.15) is 0 Å². The largest absolute Gasteiger partial charge is 0.441 e. The Morgan fingerprint density at radius 3 is 2.63 bits per heavy atom. The van der Waals surface area contributed by atoms with Gasteiger partial charge in [0.15, 0.2) is 0 Å². The van der Waals surface area contributed by atoms with Gasteiger partial charge >= 0.3 is 6.09 Å². The molecule has 27 heavy (non-hydrogen) atoms. The number of aryl methyl sites for hydroxylation is 1. The molecule has 0 bridgehead atoms. The predicted octanol–water partition coefficient (Wildman–Crippen LogP) is 3.01. The number of hydrogen-bond acceptors (Lipinski definition) is 4. The van der Waals surface area contributed by atoms with Crippen molar-refractivity contribution in [2.45, 2.75) is 37.8 Å². The van der Waals surface area contributed by atoms with E-state index in [1.54, 1.807) is 0 Å². The first kappa shape index (κ1) is 18.0. The van der Waals surface area contributed by atoms with Gasteiger partial charge in [0, 0.05) is 51.9 Å². The van der Waals surface area contributed by atoms with Crippen molar-refractivity contribution in [1.82, 2.24) is 19.4 Å². The van der Waals surface area contributed by atoms with Gasteiger partial charge in [-0.15, -0.1) is 0 Å². The van der Waals surface area contributed by atoms with E-state index in [4.69, 9.17) is 4.74 Å². The summed E-state index contributed by atoms with van der Waals surface area (Å²) in [6, 6.07) is 10.4. The summed E-state index contributed by atoms with van der Waals surface area (Å²) in [5.74, 6) is 1.38. The van der Waals surface area contributed by atoms with Gasteiger partial charge in [0.25, 0.3) is 0 Å². The minimum atomic E-state index is -0.314. The first-order chi connectivity index (χ1) is 13.0. The fourth-order valence-corrected chi connectivity index (χ4v) is 4.18. The van der Waals surface area contributed by atoms with Gasteiger partial charge in [-0.1, -0.05) is 37.3 Å². The van der Waals surface area contributed by atoms with Gasteiger partial charge in [0.2, 0.25) is 0 Å². The number of likely N-dealkylation sites (tertiary alicyclic amines) is 1. The number of piperidine rings is 1. The highest BCUT2D eigenvalue weighted by Crippen LogP contribution is 2.34. The molecule has 2 aromatic rings. The normalized spacial score (nSPS) is 20.8. The van der Waals surface area contributed by atoms with E-state index in [0.29, 0.717) is 19.0 Å². The number of benzene rings is 1. The molecular weight excluding hydrogens is 340 g/mol. The Kier molecular flexibility index (Phi) is 4.91. The van der Waals surface area contributed by atoms with Crippen LogP contribution >= 0.6 is 0 Å². The molecule has 0 saturated carbocycles. The summed E-state index contributed by atoms with van der Waals surface area (Å²) in [7, 11) is 2.03. The lowest BCUT2D eigenvalue weighted by atomic mass is 9.91. The van der Waals surface area contributed by atoms with E-state index < -0.39 is 0 Å². The smallest absolute Gasteiger partial charge is 0.410 e. The number of imidazole rings is 1. The minimum Gasteiger partial charge on any atom is -0.441 e. The van der Waals surface area contributed by atoms with Gasteiger partial charge in [0.05, 0.1) is 13.1 Å². The monoisotopic (exact) mass is 368 g/mol. The van der Waals surface area contributed by atoms with Gasteiger partial charge in [-0.3, -0.25) is 4.90 Å². The van der Waals surface area contributed by atoms with Gasteiger partial charge in [-0.05, 0) is 11.5 Å². The maximum absolute atomic E-state index is 12.5. The second-order valence-corrected chi connectivity index (χ2v) is 7.97. The van der Waals surface area contributed by atoms with Gasteiger partial charge in [0.1, 0.15) is 11.4 Å². The van der Waals surface area contributed by atoms with Crippen molar-refractivity contribution in [1.29, 1.82) is 0 Å². The lowest BCUT2D eigenvalue weighted by Gasteiger charge is -2.37. The van der Waals surface area contributed by atoms with Crippen molar-refractivity contribution >= 4 is 6.09 Å². The Morgan fingerprint density at radius 1 is 1.22 bits per heavy atom. The maximum atomic E-state index is 12.5. The molecular formula is C21H28N4O2. The van der Waals surface area contributed by atoms with E-state index in [1.165, 1.54) is 5.56 Å². The molecule has 1 amide bonds. The van der Waals surface area contributed by atoms with Crippen LogP contribution in [0.4, 0.5) is 4.79 Å². The molecule has 2 fully saturated rings. The Labute approximate surface area is 160 Å². The topological polar surface area (TPSA) is 50.6 Å². The Hall–Kier alpha value is -2.34. The molecule has 0 unspecified atom stereocenters. The molecule has 1 aromatic heterocycles. The fraction of sp³-hybridized carbons (Fsp3) is 0.524. The third kappa shape index (κ3) is 3.86. The number of rotatable bonds is 5. The van der Waals surface area contributed by atoms with Crippen LogP contribution in [0.5, 0.6) is 0 Å². The molecule has 1 atom stereocenters. The third-order valence-corrected chi connectivity index (χ3v) is 5.96. The number of carbonyl (C=O) groups is 1. The van der Waals surface area contributed by atoms with E-state index in [9.17, 15) is 4.79 Å². The van der Waals surface area contributed by atoms with Crippen LogP contribution in [0.1, 0.15) is 37.1 Å². The van der Waals surface area contributed by atoms with Crippen LogP contribution in [0.3, 0.4) is 0 Å². The maximum Gasteiger partial charge on any atom is 0.410 e. The molecule has 3 heterocycles. The number of amides is 1. The quantitative estimate of drug-likeness (QED) is 0.814. The molecule has 1 aromatic carbocycles. The number of carbonyl (C=O) groups excluding carboxylic acids is 1. The first-order valence-electron chi connectivity index (χ1n) is 9.76. The van der Waals surface area contributed by atoms with Crippen molar-refractivity contribution < 1.29 is 9.53 Å². The lowest BCUT2D eigenvalue weighted by molar-refractivity contribution is -0.00195. The number of nitrogens with zero attached hydrogens (tertiary/aromatic N) is 4. The molecule has 0 aliphatic carbocycles. The molecule has 2 saturated heterocycles. The highest BCUT2D eigenvalue weighted by molar-refractivity contribution is 5.70. The molecule has 2 aliphatic heterocycles.